The quantitative estimate of drug-likeness (QED) is 0.465. The minimum atomic E-state index is -1.21. The van der Waals surface area contributed by atoms with Crippen molar-refractivity contribution in [3.8, 4) is 0 Å². The van der Waals surface area contributed by atoms with Gasteiger partial charge in [-0.25, -0.2) is 4.98 Å². The average molecular weight is 492 g/mol. The SMILES string of the molecule is CC1=CC[C@@H](C(C)Cc2csc(C)n2)OC(=O)C[C@H](O)C(C)(C)C(=O)[C@H](C)[C@@H](O)[C@@H](C)C=CC1. The molecule has 1 aliphatic heterocycles. The summed E-state index contributed by atoms with van der Waals surface area (Å²) < 4.78 is 5.86. The number of aliphatic hydroxyl groups excluding tert-OH is 2. The molecule has 0 radical (unpaired) electrons. The molecular weight excluding hydrogens is 450 g/mol. The number of ketones is 1. The number of nitrogens with zero attached hydrogens (tertiary/aromatic N) is 1. The minimum absolute atomic E-state index is 0.0332. The molecule has 0 saturated carbocycles. The zero-order chi connectivity index (χ0) is 25.6. The molecule has 0 aliphatic carbocycles. The second-order valence-electron chi connectivity index (χ2n) is 10.4. The number of carbonyl (C=O) groups excluding carboxylic acids is 2. The zero-order valence-electron chi connectivity index (χ0n) is 21.6. The normalized spacial score (nSPS) is 30.5. The molecule has 0 fully saturated rings. The molecule has 1 aromatic heterocycles. The minimum Gasteiger partial charge on any atom is -0.462 e. The number of esters is 1. The van der Waals surface area contributed by atoms with Crippen LogP contribution in [0.3, 0.4) is 0 Å². The fourth-order valence-corrected chi connectivity index (χ4v) is 4.96. The lowest BCUT2D eigenvalue weighted by Gasteiger charge is -2.34. The topological polar surface area (TPSA) is 96.7 Å². The first-order chi connectivity index (χ1) is 15.8. The first-order valence-corrected chi connectivity index (χ1v) is 13.0. The summed E-state index contributed by atoms with van der Waals surface area (Å²) in [7, 11) is 0. The third-order valence-corrected chi connectivity index (χ3v) is 7.81. The van der Waals surface area contributed by atoms with Gasteiger partial charge in [0.05, 0.1) is 34.7 Å². The molecule has 0 spiro atoms. The van der Waals surface area contributed by atoms with E-state index in [1.807, 2.05) is 45.2 Å². The maximum absolute atomic E-state index is 13.2. The molecular formula is C27H41NO5S. The van der Waals surface area contributed by atoms with Gasteiger partial charge < -0.3 is 14.9 Å². The van der Waals surface area contributed by atoms with Crippen LogP contribution in [0.15, 0.2) is 29.2 Å². The van der Waals surface area contributed by atoms with Crippen molar-refractivity contribution < 1.29 is 24.5 Å². The number of Topliss-reactive ketones (excluding diaryl/α,β-unsaturated/α-hetero) is 1. The smallest absolute Gasteiger partial charge is 0.308 e. The third kappa shape index (κ3) is 7.59. The van der Waals surface area contributed by atoms with Crippen molar-refractivity contribution in [1.29, 1.82) is 0 Å². The van der Waals surface area contributed by atoms with E-state index >= 15 is 0 Å². The van der Waals surface area contributed by atoms with Gasteiger partial charge in [0.25, 0.3) is 0 Å². The van der Waals surface area contributed by atoms with Crippen molar-refractivity contribution in [3.05, 3.63) is 39.9 Å². The summed E-state index contributed by atoms with van der Waals surface area (Å²) in [5.41, 5.74) is 0.915. The van der Waals surface area contributed by atoms with Gasteiger partial charge in [-0.15, -0.1) is 11.3 Å². The fourth-order valence-electron chi connectivity index (χ4n) is 4.33. The molecule has 2 heterocycles. The van der Waals surface area contributed by atoms with Crippen molar-refractivity contribution in [1.82, 2.24) is 4.98 Å². The van der Waals surface area contributed by atoms with Crippen LogP contribution in [0.4, 0.5) is 0 Å². The maximum Gasteiger partial charge on any atom is 0.308 e. The fraction of sp³-hybridized carbons (Fsp3) is 0.667. The first kappa shape index (κ1) is 28.4. The van der Waals surface area contributed by atoms with Crippen LogP contribution in [0, 0.1) is 30.1 Å². The first-order valence-electron chi connectivity index (χ1n) is 12.2. The van der Waals surface area contributed by atoms with E-state index in [9.17, 15) is 19.8 Å². The van der Waals surface area contributed by atoms with Crippen molar-refractivity contribution in [2.45, 2.75) is 92.5 Å². The molecule has 190 valence electrons. The van der Waals surface area contributed by atoms with Crippen LogP contribution in [-0.2, 0) is 20.7 Å². The predicted molar refractivity (Wildman–Crippen MR) is 135 cm³/mol. The summed E-state index contributed by atoms with van der Waals surface area (Å²) in [6, 6.07) is 0. The van der Waals surface area contributed by atoms with Gasteiger partial charge in [0.15, 0.2) is 0 Å². The number of hydrogen-bond donors (Lipinski definition) is 2. The second-order valence-corrected chi connectivity index (χ2v) is 11.5. The summed E-state index contributed by atoms with van der Waals surface area (Å²) in [5, 5.41) is 24.6. The van der Waals surface area contributed by atoms with E-state index in [0.717, 1.165) is 16.3 Å². The van der Waals surface area contributed by atoms with Crippen LogP contribution in [0.25, 0.3) is 0 Å². The molecule has 1 aliphatic rings. The second kappa shape index (κ2) is 12.2. The lowest BCUT2D eigenvalue weighted by Crippen LogP contribution is -2.45. The average Bonchev–Trinajstić information content (AvgIpc) is 3.18. The lowest BCUT2D eigenvalue weighted by molar-refractivity contribution is -0.157. The Labute approximate surface area is 208 Å². The van der Waals surface area contributed by atoms with Crippen molar-refractivity contribution >= 4 is 23.1 Å². The van der Waals surface area contributed by atoms with E-state index in [1.54, 1.807) is 32.1 Å². The summed E-state index contributed by atoms with van der Waals surface area (Å²) in [6.45, 7) is 12.8. The standard InChI is InChI=1S/C27H41NO5S/c1-16-9-8-10-17(2)25(31)19(4)26(32)27(6,7)23(29)14-24(30)33-22(12-11-16)18(3)13-21-15-34-20(5)28-21/h8,10-11,15,17-19,22-23,25,29,31H,9,12-14H2,1-7H3/t17-,18?,19+,22-,23-,25-/m0/s1. The molecule has 0 bridgehead atoms. The Kier molecular flexibility index (Phi) is 10.2. The number of thiazole rings is 1. The number of cyclic esters (lactones) is 1. The Morgan fingerprint density at radius 1 is 1.24 bits per heavy atom. The largest absolute Gasteiger partial charge is 0.462 e. The lowest BCUT2D eigenvalue weighted by atomic mass is 9.73. The van der Waals surface area contributed by atoms with Gasteiger partial charge in [0.1, 0.15) is 11.9 Å². The van der Waals surface area contributed by atoms with Gasteiger partial charge in [-0.2, -0.15) is 0 Å². The molecule has 0 aromatic carbocycles. The van der Waals surface area contributed by atoms with E-state index in [-0.39, 0.29) is 30.1 Å². The number of hydrogen-bond acceptors (Lipinski definition) is 7. The highest BCUT2D eigenvalue weighted by Crippen LogP contribution is 2.32. The molecule has 2 N–H and O–H groups in total. The number of allylic oxidation sites excluding steroid dienone is 2. The number of ether oxygens (including phenoxy) is 1. The highest BCUT2D eigenvalue weighted by atomic mass is 32.1. The molecule has 6 nitrogen and oxygen atoms in total. The number of carbonyl (C=O) groups is 2. The predicted octanol–water partition coefficient (Wildman–Crippen LogP) is 4.82. The van der Waals surface area contributed by atoms with E-state index in [1.165, 1.54) is 0 Å². The Balaban J connectivity index is 2.30. The number of aromatic nitrogens is 1. The molecule has 1 unspecified atom stereocenters. The number of aryl methyl sites for hydroxylation is 1. The van der Waals surface area contributed by atoms with Crippen LogP contribution in [0.1, 0.15) is 71.5 Å². The van der Waals surface area contributed by atoms with Gasteiger partial charge in [0.2, 0.25) is 0 Å². The van der Waals surface area contributed by atoms with Crippen molar-refractivity contribution in [2.24, 2.45) is 23.2 Å². The third-order valence-electron chi connectivity index (χ3n) is 6.99. The highest BCUT2D eigenvalue weighted by Gasteiger charge is 2.42. The molecule has 0 amide bonds. The van der Waals surface area contributed by atoms with Crippen LogP contribution in [-0.4, -0.2) is 45.3 Å². The van der Waals surface area contributed by atoms with Crippen molar-refractivity contribution in [2.75, 3.05) is 0 Å². The van der Waals surface area contributed by atoms with E-state index in [4.69, 9.17) is 4.74 Å². The molecule has 34 heavy (non-hydrogen) atoms. The number of rotatable bonds is 3. The molecule has 2 rings (SSSR count). The van der Waals surface area contributed by atoms with Gasteiger partial charge in [-0.1, -0.05) is 58.4 Å². The van der Waals surface area contributed by atoms with Gasteiger partial charge >= 0.3 is 5.97 Å². The number of aliphatic hydroxyl groups is 2. The van der Waals surface area contributed by atoms with E-state index < -0.39 is 29.5 Å². The van der Waals surface area contributed by atoms with Crippen LogP contribution < -0.4 is 0 Å². The van der Waals surface area contributed by atoms with Gasteiger partial charge in [0, 0.05) is 23.6 Å². The van der Waals surface area contributed by atoms with E-state index in [0.29, 0.717) is 19.3 Å². The summed E-state index contributed by atoms with van der Waals surface area (Å²) >= 11 is 1.60. The summed E-state index contributed by atoms with van der Waals surface area (Å²) in [5.74, 6) is -1.66. The Morgan fingerprint density at radius 2 is 1.91 bits per heavy atom. The summed E-state index contributed by atoms with van der Waals surface area (Å²) in [4.78, 5) is 30.5. The monoisotopic (exact) mass is 491 g/mol. The van der Waals surface area contributed by atoms with E-state index in [2.05, 4.69) is 11.1 Å². The zero-order valence-corrected chi connectivity index (χ0v) is 22.4. The molecule has 7 heteroatoms. The van der Waals surface area contributed by atoms with Gasteiger partial charge in [-0.05, 0) is 32.6 Å². The summed E-state index contributed by atoms with van der Waals surface area (Å²) in [6.07, 6.45) is 5.25. The van der Waals surface area contributed by atoms with Gasteiger partial charge in [-0.3, -0.25) is 9.59 Å². The Morgan fingerprint density at radius 3 is 2.53 bits per heavy atom. The van der Waals surface area contributed by atoms with Crippen molar-refractivity contribution in [3.63, 3.8) is 0 Å². The van der Waals surface area contributed by atoms with Crippen LogP contribution in [0.5, 0.6) is 0 Å². The molecule has 6 atom stereocenters. The molecule has 1 aromatic rings. The maximum atomic E-state index is 13.2. The van der Waals surface area contributed by atoms with Crippen LogP contribution in [0.2, 0.25) is 0 Å². The highest BCUT2D eigenvalue weighted by molar-refractivity contribution is 7.09. The Bertz CT molecular complexity index is 903. The van der Waals surface area contributed by atoms with Crippen LogP contribution >= 0.6 is 11.3 Å². The Hall–Kier alpha value is -1.83. The molecule has 0 saturated heterocycles.